The summed E-state index contributed by atoms with van der Waals surface area (Å²) in [5, 5.41) is 5.17. The van der Waals surface area contributed by atoms with Crippen molar-refractivity contribution in [3.8, 4) is 0 Å². The zero-order valence-electron chi connectivity index (χ0n) is 10.7. The maximum atomic E-state index is 11.1. The number of hydrazone groups is 1. The van der Waals surface area contributed by atoms with Gasteiger partial charge in [-0.15, -0.1) is 0 Å². The second-order valence-electron chi connectivity index (χ2n) is 4.68. The number of ether oxygens (including phenoxy) is 1. The van der Waals surface area contributed by atoms with Crippen LogP contribution in [0.1, 0.15) is 25.7 Å². The molecule has 2 aliphatic rings. The molecule has 19 heavy (non-hydrogen) atoms. The van der Waals surface area contributed by atoms with Gasteiger partial charge in [0.05, 0.1) is 17.6 Å². The molecule has 7 heteroatoms. The molecule has 0 spiro atoms. The van der Waals surface area contributed by atoms with E-state index in [1.54, 1.807) is 6.21 Å². The number of carbonyl (C=O) groups excluding carboxylic acids is 1. The SMILES string of the molecule is C=CC(=O)OC1CCC(C2=C(N)C=NNN2N)CC1. The third-order valence-corrected chi connectivity index (χ3v) is 3.43. The standard InChI is InChI=1S/C12H19N5O2/c1-2-11(18)19-9-5-3-8(4-6-9)12-10(13)7-15-16-17(12)14/h2,7-9,16H,1,3-6,13-14H2. The van der Waals surface area contributed by atoms with Crippen molar-refractivity contribution in [2.24, 2.45) is 22.6 Å². The zero-order chi connectivity index (χ0) is 13.8. The van der Waals surface area contributed by atoms with Crippen molar-refractivity contribution in [2.45, 2.75) is 31.8 Å². The molecule has 1 aliphatic carbocycles. The van der Waals surface area contributed by atoms with Crippen molar-refractivity contribution in [2.75, 3.05) is 0 Å². The zero-order valence-corrected chi connectivity index (χ0v) is 10.7. The van der Waals surface area contributed by atoms with Gasteiger partial charge in [0.15, 0.2) is 0 Å². The van der Waals surface area contributed by atoms with Crippen LogP contribution in [0.5, 0.6) is 0 Å². The molecule has 2 rings (SSSR count). The summed E-state index contributed by atoms with van der Waals surface area (Å²) in [7, 11) is 0. The van der Waals surface area contributed by atoms with Crippen LogP contribution in [0.3, 0.4) is 0 Å². The number of rotatable bonds is 3. The van der Waals surface area contributed by atoms with Crippen molar-refractivity contribution in [3.63, 3.8) is 0 Å². The lowest BCUT2D eigenvalue weighted by Gasteiger charge is -2.34. The van der Waals surface area contributed by atoms with E-state index in [0.717, 1.165) is 31.4 Å². The molecule has 0 atom stereocenters. The highest BCUT2D eigenvalue weighted by molar-refractivity contribution is 5.81. The fourth-order valence-corrected chi connectivity index (χ4v) is 2.52. The Hall–Kier alpha value is -2.02. The van der Waals surface area contributed by atoms with Gasteiger partial charge in [-0.25, -0.2) is 21.3 Å². The first-order valence-corrected chi connectivity index (χ1v) is 6.28. The highest BCUT2D eigenvalue weighted by Gasteiger charge is 2.29. The molecule has 0 unspecified atom stereocenters. The third-order valence-electron chi connectivity index (χ3n) is 3.43. The van der Waals surface area contributed by atoms with E-state index in [9.17, 15) is 4.79 Å². The fraction of sp³-hybridized carbons (Fsp3) is 0.500. The average molecular weight is 265 g/mol. The Kier molecular flexibility index (Phi) is 4.06. The number of nitrogens with two attached hydrogens (primary N) is 2. The summed E-state index contributed by atoms with van der Waals surface area (Å²) in [6.07, 6.45) is 6.04. The van der Waals surface area contributed by atoms with E-state index < -0.39 is 0 Å². The van der Waals surface area contributed by atoms with Crippen LogP contribution in [0.15, 0.2) is 29.2 Å². The monoisotopic (exact) mass is 265 g/mol. The molecule has 0 aromatic heterocycles. The second kappa shape index (κ2) is 5.75. The summed E-state index contributed by atoms with van der Waals surface area (Å²) in [5.41, 5.74) is 9.99. The Balaban J connectivity index is 1.94. The number of allylic oxidation sites excluding steroid dienone is 2. The highest BCUT2D eigenvalue weighted by Crippen LogP contribution is 2.32. The summed E-state index contributed by atoms with van der Waals surface area (Å²) < 4.78 is 5.24. The molecule has 0 amide bonds. The topological polar surface area (TPSA) is 106 Å². The van der Waals surface area contributed by atoms with Gasteiger partial charge >= 0.3 is 5.97 Å². The van der Waals surface area contributed by atoms with Crippen molar-refractivity contribution >= 4 is 12.2 Å². The van der Waals surface area contributed by atoms with Gasteiger partial charge in [-0.1, -0.05) is 6.58 Å². The molecule has 1 aliphatic heterocycles. The van der Waals surface area contributed by atoms with E-state index in [0.29, 0.717) is 5.70 Å². The van der Waals surface area contributed by atoms with E-state index in [4.69, 9.17) is 16.3 Å². The molecule has 5 N–H and O–H groups in total. The molecule has 7 nitrogen and oxygen atoms in total. The molecule has 0 saturated heterocycles. The molecule has 0 radical (unpaired) electrons. The van der Waals surface area contributed by atoms with Crippen molar-refractivity contribution < 1.29 is 9.53 Å². The van der Waals surface area contributed by atoms with Crippen LogP contribution >= 0.6 is 0 Å². The Morgan fingerprint density at radius 1 is 1.53 bits per heavy atom. The van der Waals surface area contributed by atoms with Crippen LogP contribution in [-0.2, 0) is 9.53 Å². The normalized spacial score (nSPS) is 26.9. The van der Waals surface area contributed by atoms with Gasteiger partial charge in [-0.3, -0.25) is 0 Å². The van der Waals surface area contributed by atoms with Gasteiger partial charge in [0.25, 0.3) is 0 Å². The molecule has 1 fully saturated rings. The van der Waals surface area contributed by atoms with Gasteiger partial charge in [-0.2, -0.15) is 5.10 Å². The highest BCUT2D eigenvalue weighted by atomic mass is 16.5. The van der Waals surface area contributed by atoms with Crippen LogP contribution in [-0.4, -0.2) is 23.4 Å². The first-order valence-electron chi connectivity index (χ1n) is 6.28. The van der Waals surface area contributed by atoms with E-state index in [1.165, 1.54) is 11.2 Å². The van der Waals surface area contributed by atoms with E-state index in [2.05, 4.69) is 17.2 Å². The van der Waals surface area contributed by atoms with Gasteiger partial charge in [0, 0.05) is 12.0 Å². The number of hydrogen-bond donors (Lipinski definition) is 3. The van der Waals surface area contributed by atoms with Crippen LogP contribution in [0.25, 0.3) is 0 Å². The number of esters is 1. The third kappa shape index (κ3) is 3.05. The predicted octanol–water partition coefficient (Wildman–Crippen LogP) is 0.124. The van der Waals surface area contributed by atoms with Crippen LogP contribution in [0, 0.1) is 5.92 Å². The minimum Gasteiger partial charge on any atom is -0.459 e. The van der Waals surface area contributed by atoms with Crippen molar-refractivity contribution in [3.05, 3.63) is 24.0 Å². The minimum atomic E-state index is -0.367. The maximum Gasteiger partial charge on any atom is 0.330 e. The smallest absolute Gasteiger partial charge is 0.330 e. The average Bonchev–Trinajstić information content (AvgIpc) is 2.40. The Bertz CT molecular complexity index is 424. The lowest BCUT2D eigenvalue weighted by Crippen LogP contribution is -2.46. The molecular formula is C12H19N5O2. The van der Waals surface area contributed by atoms with Gasteiger partial charge < -0.3 is 10.5 Å². The molecule has 104 valence electrons. The summed E-state index contributed by atoms with van der Waals surface area (Å²) >= 11 is 0. The molecule has 0 aromatic rings. The van der Waals surface area contributed by atoms with Crippen LogP contribution < -0.4 is 17.1 Å². The lowest BCUT2D eigenvalue weighted by atomic mass is 9.84. The van der Waals surface area contributed by atoms with Crippen molar-refractivity contribution in [1.29, 1.82) is 0 Å². The fourth-order valence-electron chi connectivity index (χ4n) is 2.52. The minimum absolute atomic E-state index is 0.0417. The molecule has 1 saturated carbocycles. The Morgan fingerprint density at radius 2 is 2.21 bits per heavy atom. The predicted molar refractivity (Wildman–Crippen MR) is 70.9 cm³/mol. The largest absolute Gasteiger partial charge is 0.459 e. The number of carbonyl (C=O) groups is 1. The van der Waals surface area contributed by atoms with Crippen LogP contribution in [0.2, 0.25) is 0 Å². The van der Waals surface area contributed by atoms with Gasteiger partial charge in [-0.05, 0) is 25.7 Å². The first-order chi connectivity index (χ1) is 9.11. The lowest BCUT2D eigenvalue weighted by molar-refractivity contribution is -0.144. The number of nitrogens with one attached hydrogen (secondary N) is 1. The summed E-state index contributed by atoms with van der Waals surface area (Å²) in [6, 6.07) is 0. The Labute approximate surface area is 111 Å². The summed E-state index contributed by atoms with van der Waals surface area (Å²) in [6.45, 7) is 3.39. The van der Waals surface area contributed by atoms with Gasteiger partial charge in [0.2, 0.25) is 0 Å². The molecule has 1 heterocycles. The van der Waals surface area contributed by atoms with E-state index in [-0.39, 0.29) is 18.0 Å². The molecular weight excluding hydrogens is 246 g/mol. The van der Waals surface area contributed by atoms with Crippen molar-refractivity contribution in [1.82, 2.24) is 10.7 Å². The summed E-state index contributed by atoms with van der Waals surface area (Å²) in [4.78, 5) is 11.1. The number of hydrogen-bond acceptors (Lipinski definition) is 7. The van der Waals surface area contributed by atoms with Gasteiger partial charge in [0.1, 0.15) is 6.10 Å². The maximum absolute atomic E-state index is 11.1. The second-order valence-corrected chi connectivity index (χ2v) is 4.68. The molecule has 0 bridgehead atoms. The van der Waals surface area contributed by atoms with Crippen LogP contribution in [0.4, 0.5) is 0 Å². The number of nitrogens with zero attached hydrogens (tertiary/aromatic N) is 2. The molecule has 0 aromatic carbocycles. The van der Waals surface area contributed by atoms with E-state index >= 15 is 0 Å². The summed E-state index contributed by atoms with van der Waals surface area (Å²) in [5.74, 6) is 5.70. The quantitative estimate of drug-likeness (QED) is 0.380. The Morgan fingerprint density at radius 3 is 2.79 bits per heavy atom. The number of hydrazine groups is 2. The first kappa shape index (κ1) is 13.4. The van der Waals surface area contributed by atoms with E-state index in [1.807, 2.05) is 0 Å².